The molecule has 0 amide bonds. The van der Waals surface area contributed by atoms with Gasteiger partial charge in [0, 0.05) is 29.9 Å². The molecular weight excluding hydrogens is 790 g/mol. The smallest absolute Gasteiger partial charge is 0.0793 e. The molecule has 0 aliphatic carbocycles. The van der Waals surface area contributed by atoms with Gasteiger partial charge in [-0.25, -0.2) is 0 Å². The Kier molecular flexibility index (Phi) is 7.57. The molecule has 0 atom stereocenters. The highest BCUT2D eigenvalue weighted by atomic mass is 127. The molecular formula is C34H16I2S4. The Hall–Kier alpha value is -2.44. The molecule has 0 spiro atoms. The molecule has 0 aliphatic heterocycles. The van der Waals surface area contributed by atoms with Gasteiger partial charge in [-0.3, -0.25) is 0 Å². The monoisotopic (exact) mass is 806 g/mol. The lowest BCUT2D eigenvalue weighted by Gasteiger charge is -2.12. The summed E-state index contributed by atoms with van der Waals surface area (Å²) in [5, 5.41) is 0. The molecule has 4 aromatic heterocycles. The van der Waals surface area contributed by atoms with Crippen molar-refractivity contribution in [3.8, 4) is 45.9 Å². The molecule has 0 radical (unpaired) electrons. The summed E-state index contributed by atoms with van der Waals surface area (Å²) in [4.78, 5) is 2.18. The highest BCUT2D eigenvalue weighted by molar-refractivity contribution is 14.1. The van der Waals surface area contributed by atoms with Gasteiger partial charge in [-0.2, -0.15) is 0 Å². The van der Waals surface area contributed by atoms with Crippen LogP contribution in [0.4, 0.5) is 0 Å². The lowest BCUT2D eigenvalue weighted by Crippen LogP contribution is -1.92. The summed E-state index contributed by atoms with van der Waals surface area (Å²) in [5.74, 6) is 14.0. The van der Waals surface area contributed by atoms with Gasteiger partial charge in [0.1, 0.15) is 0 Å². The standard InChI is InChI=1S/C34H16I2S4/c35-33-19-31-29(39-33)17-25(37-31)13-11-23-16-28(22-9-5-2-6-10-22)24(15-27(23)21-7-3-1-4-8-21)12-14-26-18-30-32(38-26)20-34(36)40-30/h1-10,15-20H. The number of hydrogen-bond acceptors (Lipinski definition) is 4. The number of fused-ring (bicyclic) bond motifs is 2. The number of hydrogen-bond donors (Lipinski definition) is 0. The molecule has 0 nitrogen and oxygen atoms in total. The summed E-state index contributed by atoms with van der Waals surface area (Å²) in [6, 6.07) is 34.4. The van der Waals surface area contributed by atoms with E-state index in [1.165, 1.54) is 24.6 Å². The molecule has 0 saturated carbocycles. The zero-order chi connectivity index (χ0) is 27.1. The van der Waals surface area contributed by atoms with Gasteiger partial charge in [0.05, 0.1) is 15.5 Å². The predicted molar refractivity (Wildman–Crippen MR) is 194 cm³/mol. The third kappa shape index (κ3) is 5.54. The van der Waals surface area contributed by atoms with Crippen LogP contribution in [0.1, 0.15) is 20.9 Å². The van der Waals surface area contributed by atoms with Crippen LogP contribution in [-0.2, 0) is 0 Å². The van der Waals surface area contributed by atoms with Gasteiger partial charge in [0.2, 0.25) is 0 Å². The zero-order valence-corrected chi connectivity index (χ0v) is 28.2. The average Bonchev–Trinajstić information content (AvgIpc) is 3.71. The highest BCUT2D eigenvalue weighted by Gasteiger charge is 2.12. The SMILES string of the molecule is Ic1cc2sc(C#Cc3cc(-c4ccccc4)c(C#Cc4cc5sc(I)cc5s4)cc3-c3ccccc3)cc2s1. The molecule has 4 heterocycles. The maximum Gasteiger partial charge on any atom is 0.0793 e. The van der Waals surface area contributed by atoms with Crippen molar-refractivity contribution in [2.24, 2.45) is 0 Å². The van der Waals surface area contributed by atoms with Gasteiger partial charge in [-0.15, -0.1) is 45.3 Å². The Labute approximate surface area is 276 Å². The zero-order valence-electron chi connectivity index (χ0n) is 20.6. The van der Waals surface area contributed by atoms with Crippen LogP contribution < -0.4 is 0 Å². The minimum atomic E-state index is 1.01. The average molecular weight is 807 g/mol. The molecule has 3 aromatic carbocycles. The minimum Gasteiger partial charge on any atom is -0.128 e. The van der Waals surface area contributed by atoms with Crippen LogP contribution in [0.25, 0.3) is 41.1 Å². The van der Waals surface area contributed by atoms with E-state index in [1.54, 1.807) is 22.7 Å². The van der Waals surface area contributed by atoms with E-state index in [9.17, 15) is 0 Å². The molecule has 0 saturated heterocycles. The van der Waals surface area contributed by atoms with Crippen molar-refractivity contribution < 1.29 is 0 Å². The Morgan fingerprint density at radius 2 is 0.825 bits per heavy atom. The molecule has 0 unspecified atom stereocenters. The molecule has 7 aromatic rings. The van der Waals surface area contributed by atoms with Crippen molar-refractivity contribution in [3.63, 3.8) is 0 Å². The molecule has 0 N–H and O–H groups in total. The van der Waals surface area contributed by atoms with Crippen molar-refractivity contribution in [2.75, 3.05) is 0 Å². The molecule has 0 fully saturated rings. The van der Waals surface area contributed by atoms with E-state index in [0.717, 1.165) is 43.1 Å². The maximum absolute atomic E-state index is 3.54. The van der Waals surface area contributed by atoms with Crippen LogP contribution in [0, 0.1) is 29.4 Å². The van der Waals surface area contributed by atoms with E-state index < -0.39 is 0 Å². The van der Waals surface area contributed by atoms with Crippen LogP contribution in [0.3, 0.4) is 0 Å². The Morgan fingerprint density at radius 1 is 0.425 bits per heavy atom. The molecule has 6 heteroatoms. The second-order valence-corrected chi connectivity index (χ2v) is 17.1. The van der Waals surface area contributed by atoms with Gasteiger partial charge in [-0.05, 0) is 104 Å². The quantitative estimate of drug-likeness (QED) is 0.121. The van der Waals surface area contributed by atoms with Crippen LogP contribution in [0.2, 0.25) is 0 Å². The molecule has 0 aliphatic rings. The van der Waals surface area contributed by atoms with E-state index in [0.29, 0.717) is 0 Å². The summed E-state index contributed by atoms with van der Waals surface area (Å²) in [7, 11) is 0. The van der Waals surface area contributed by atoms with Gasteiger partial charge in [0.15, 0.2) is 0 Å². The fourth-order valence-corrected chi connectivity index (χ4v) is 10.9. The minimum absolute atomic E-state index is 1.01. The van der Waals surface area contributed by atoms with Gasteiger partial charge >= 0.3 is 0 Å². The van der Waals surface area contributed by atoms with E-state index in [4.69, 9.17) is 0 Å². The summed E-state index contributed by atoms with van der Waals surface area (Å²) in [5.41, 5.74) is 6.50. The Morgan fingerprint density at radius 3 is 1.23 bits per heavy atom. The molecule has 190 valence electrons. The maximum atomic E-state index is 3.54. The largest absolute Gasteiger partial charge is 0.128 e. The van der Waals surface area contributed by atoms with Gasteiger partial charge in [-0.1, -0.05) is 84.3 Å². The van der Waals surface area contributed by atoms with Crippen molar-refractivity contribution in [1.82, 2.24) is 0 Å². The predicted octanol–water partition coefficient (Wildman–Crippen LogP) is 11.6. The normalized spacial score (nSPS) is 10.8. The summed E-state index contributed by atoms with van der Waals surface area (Å²) in [6.07, 6.45) is 0. The molecule has 0 bridgehead atoms. The van der Waals surface area contributed by atoms with Crippen molar-refractivity contribution in [3.05, 3.63) is 124 Å². The van der Waals surface area contributed by atoms with Crippen molar-refractivity contribution in [2.45, 2.75) is 0 Å². The number of halogens is 2. The first-order valence-electron chi connectivity index (χ1n) is 12.3. The fraction of sp³-hybridized carbons (Fsp3) is 0. The van der Waals surface area contributed by atoms with Crippen LogP contribution in [0.15, 0.2) is 97.1 Å². The Bertz CT molecular complexity index is 1920. The van der Waals surface area contributed by atoms with Gasteiger partial charge < -0.3 is 0 Å². The van der Waals surface area contributed by atoms with Crippen molar-refractivity contribution in [1.29, 1.82) is 0 Å². The third-order valence-corrected chi connectivity index (χ3v) is 12.3. The van der Waals surface area contributed by atoms with Crippen LogP contribution in [-0.4, -0.2) is 0 Å². The van der Waals surface area contributed by atoms with Crippen molar-refractivity contribution >= 4 is 109 Å². The lowest BCUT2D eigenvalue weighted by atomic mass is 9.91. The van der Waals surface area contributed by atoms with E-state index in [1.807, 2.05) is 22.7 Å². The number of benzene rings is 3. The Balaban J connectivity index is 1.39. The first kappa shape index (κ1) is 26.5. The topological polar surface area (TPSA) is 0 Å². The van der Waals surface area contributed by atoms with Gasteiger partial charge in [0.25, 0.3) is 0 Å². The molecule has 40 heavy (non-hydrogen) atoms. The lowest BCUT2D eigenvalue weighted by molar-refractivity contribution is 1.53. The van der Waals surface area contributed by atoms with E-state index in [2.05, 4.69) is 166 Å². The molecule has 7 rings (SSSR count). The number of rotatable bonds is 2. The fourth-order valence-electron chi connectivity index (χ4n) is 4.51. The van der Waals surface area contributed by atoms with Crippen LogP contribution >= 0.6 is 90.5 Å². The van der Waals surface area contributed by atoms with Crippen LogP contribution in [0.5, 0.6) is 0 Å². The first-order chi connectivity index (χ1) is 19.6. The second kappa shape index (κ2) is 11.4. The summed E-state index contributed by atoms with van der Waals surface area (Å²) < 4.78 is 7.85. The summed E-state index contributed by atoms with van der Waals surface area (Å²) >= 11 is 11.9. The third-order valence-electron chi connectivity index (χ3n) is 6.32. The number of thiophene rings is 4. The first-order valence-corrected chi connectivity index (χ1v) is 17.7. The summed E-state index contributed by atoms with van der Waals surface area (Å²) in [6.45, 7) is 0. The van der Waals surface area contributed by atoms with E-state index in [-0.39, 0.29) is 0 Å². The second-order valence-electron chi connectivity index (χ2n) is 8.95. The van der Waals surface area contributed by atoms with E-state index >= 15 is 0 Å². The highest BCUT2D eigenvalue weighted by Crippen LogP contribution is 2.36.